The van der Waals surface area contributed by atoms with Gasteiger partial charge < -0.3 is 14.2 Å². The van der Waals surface area contributed by atoms with Gasteiger partial charge in [0.15, 0.2) is 6.10 Å². The zero-order valence-electron chi connectivity index (χ0n) is 44.1. The largest absolute Gasteiger partial charge is 0.462 e. The summed E-state index contributed by atoms with van der Waals surface area (Å²) in [5.41, 5.74) is 0. The molecule has 1 unspecified atom stereocenters. The van der Waals surface area contributed by atoms with Crippen LogP contribution in [0.5, 0.6) is 0 Å². The highest BCUT2D eigenvalue weighted by Gasteiger charge is 2.19. The lowest BCUT2D eigenvalue weighted by Gasteiger charge is -2.18. The van der Waals surface area contributed by atoms with E-state index in [9.17, 15) is 14.4 Å². The number of esters is 3. The van der Waals surface area contributed by atoms with Crippen molar-refractivity contribution in [3.63, 3.8) is 0 Å². The van der Waals surface area contributed by atoms with Crippen LogP contribution in [0.25, 0.3) is 0 Å². The quantitative estimate of drug-likeness (QED) is 0.0344. The second-order valence-corrected chi connectivity index (χ2v) is 21.1. The molecule has 0 radical (unpaired) electrons. The summed E-state index contributed by atoms with van der Waals surface area (Å²) < 4.78 is 16.9. The minimum atomic E-state index is -0.763. The van der Waals surface area contributed by atoms with Gasteiger partial charge in [-0.05, 0) is 37.0 Å². The van der Waals surface area contributed by atoms with Gasteiger partial charge in [-0.25, -0.2) is 0 Å². The Bertz CT molecular complexity index is 993. The number of carbonyl (C=O) groups is 3. The summed E-state index contributed by atoms with van der Waals surface area (Å²) >= 11 is 0. The maximum absolute atomic E-state index is 12.8. The van der Waals surface area contributed by atoms with E-state index >= 15 is 0 Å². The van der Waals surface area contributed by atoms with E-state index in [0.717, 1.165) is 75.5 Å². The number of ether oxygens (including phenoxy) is 3. The molecule has 0 amide bonds. The molecule has 0 bridgehead atoms. The molecule has 0 aliphatic heterocycles. The van der Waals surface area contributed by atoms with Crippen molar-refractivity contribution in [2.45, 2.75) is 324 Å². The zero-order valence-corrected chi connectivity index (χ0v) is 44.1. The summed E-state index contributed by atoms with van der Waals surface area (Å²) in [6, 6.07) is 0. The summed E-state index contributed by atoms with van der Waals surface area (Å²) in [4.78, 5) is 38.1. The Balaban J connectivity index is 4.27. The van der Waals surface area contributed by atoms with Crippen molar-refractivity contribution < 1.29 is 28.6 Å². The molecule has 0 aromatic rings. The van der Waals surface area contributed by atoms with Gasteiger partial charge in [-0.15, -0.1) is 0 Å². The third-order valence-corrected chi connectivity index (χ3v) is 13.5. The van der Waals surface area contributed by atoms with Crippen molar-refractivity contribution in [2.75, 3.05) is 13.2 Å². The minimum Gasteiger partial charge on any atom is -0.462 e. The molecule has 0 aromatic heterocycles. The van der Waals surface area contributed by atoms with Gasteiger partial charge in [-0.3, -0.25) is 14.4 Å². The molecule has 0 spiro atoms. The number of rotatable bonds is 51. The highest BCUT2D eigenvalue weighted by atomic mass is 16.6. The molecule has 0 aromatic carbocycles. The molecular formula is C58H112O6. The van der Waals surface area contributed by atoms with Crippen LogP contribution < -0.4 is 0 Å². The first-order valence-electron chi connectivity index (χ1n) is 28.6. The van der Waals surface area contributed by atoms with Crippen molar-refractivity contribution in [2.24, 2.45) is 17.8 Å². The first-order valence-corrected chi connectivity index (χ1v) is 28.6. The Hall–Kier alpha value is -1.59. The lowest BCUT2D eigenvalue weighted by molar-refractivity contribution is -0.167. The van der Waals surface area contributed by atoms with E-state index < -0.39 is 6.10 Å². The van der Waals surface area contributed by atoms with Crippen LogP contribution in [-0.4, -0.2) is 37.2 Å². The van der Waals surface area contributed by atoms with Crippen LogP contribution in [0, 0.1) is 17.8 Å². The van der Waals surface area contributed by atoms with Crippen LogP contribution >= 0.6 is 0 Å². The molecule has 64 heavy (non-hydrogen) atoms. The molecule has 0 saturated carbocycles. The summed E-state index contributed by atoms with van der Waals surface area (Å²) in [5.74, 6) is 1.69. The Morgan fingerprint density at radius 1 is 0.312 bits per heavy atom. The van der Waals surface area contributed by atoms with Crippen LogP contribution in [0.3, 0.4) is 0 Å². The molecule has 0 rings (SSSR count). The third kappa shape index (κ3) is 49.8. The van der Waals surface area contributed by atoms with E-state index in [0.29, 0.717) is 19.3 Å². The predicted molar refractivity (Wildman–Crippen MR) is 275 cm³/mol. The van der Waals surface area contributed by atoms with Gasteiger partial charge in [0.2, 0.25) is 0 Å². The molecule has 0 N–H and O–H groups in total. The Morgan fingerprint density at radius 3 is 0.812 bits per heavy atom. The second-order valence-electron chi connectivity index (χ2n) is 21.1. The number of hydrogen-bond donors (Lipinski definition) is 0. The SMILES string of the molecule is CCC(C)CCCCCCCCCCCCCCCCC(=O)OC[C@H](COC(=O)CCCCCCCCCCC(C)C)OC(=O)CCCCCCCCCCCCCCCCC(C)C. The van der Waals surface area contributed by atoms with Crippen molar-refractivity contribution >= 4 is 17.9 Å². The lowest BCUT2D eigenvalue weighted by atomic mass is 9.99. The van der Waals surface area contributed by atoms with Gasteiger partial charge in [-0.1, -0.05) is 279 Å². The van der Waals surface area contributed by atoms with Gasteiger partial charge in [0.1, 0.15) is 13.2 Å². The standard InChI is InChI=1S/C58H112O6/c1-7-54(6)46-40-34-28-21-17-13-9-11-14-18-22-29-35-41-47-56(59)62-50-55(51-63-57(60)48-42-36-30-25-24-27-33-39-45-53(4)5)64-58(61)49-43-37-31-23-19-15-10-8-12-16-20-26-32-38-44-52(2)3/h52-55H,7-51H2,1-6H3/t54?,55-/m1/s1. The molecule has 6 heteroatoms. The van der Waals surface area contributed by atoms with Gasteiger partial charge >= 0.3 is 17.9 Å². The fraction of sp³-hybridized carbons (Fsp3) is 0.948. The molecule has 2 atom stereocenters. The molecule has 380 valence electrons. The topological polar surface area (TPSA) is 78.9 Å². The van der Waals surface area contributed by atoms with Crippen molar-refractivity contribution in [3.05, 3.63) is 0 Å². The lowest BCUT2D eigenvalue weighted by Crippen LogP contribution is -2.30. The van der Waals surface area contributed by atoms with Crippen LogP contribution in [0.2, 0.25) is 0 Å². The number of unbranched alkanes of at least 4 members (excludes halogenated alkanes) is 33. The van der Waals surface area contributed by atoms with Gasteiger partial charge in [0.25, 0.3) is 0 Å². The monoisotopic (exact) mass is 905 g/mol. The first kappa shape index (κ1) is 62.4. The number of hydrogen-bond acceptors (Lipinski definition) is 6. The van der Waals surface area contributed by atoms with Gasteiger partial charge in [0.05, 0.1) is 0 Å². The Kier molecular flexibility index (Phi) is 48.1. The van der Waals surface area contributed by atoms with Crippen LogP contribution in [0.1, 0.15) is 318 Å². The third-order valence-electron chi connectivity index (χ3n) is 13.5. The summed E-state index contributed by atoms with van der Waals surface area (Å²) in [6.07, 6.45) is 50.9. The van der Waals surface area contributed by atoms with Crippen molar-refractivity contribution in [1.82, 2.24) is 0 Å². The predicted octanol–water partition coefficient (Wildman–Crippen LogP) is 18.7. The second kappa shape index (κ2) is 49.3. The molecule has 0 heterocycles. The highest BCUT2D eigenvalue weighted by Crippen LogP contribution is 2.19. The average molecular weight is 906 g/mol. The fourth-order valence-corrected chi connectivity index (χ4v) is 8.79. The fourth-order valence-electron chi connectivity index (χ4n) is 8.79. The highest BCUT2D eigenvalue weighted by molar-refractivity contribution is 5.71. The maximum Gasteiger partial charge on any atom is 0.306 e. The maximum atomic E-state index is 12.8. The minimum absolute atomic E-state index is 0.0639. The van der Waals surface area contributed by atoms with Crippen LogP contribution in [0.4, 0.5) is 0 Å². The molecule has 0 saturated heterocycles. The van der Waals surface area contributed by atoms with E-state index in [-0.39, 0.29) is 31.1 Å². The Morgan fingerprint density at radius 2 is 0.547 bits per heavy atom. The molecular weight excluding hydrogens is 793 g/mol. The van der Waals surface area contributed by atoms with Crippen LogP contribution in [-0.2, 0) is 28.6 Å². The molecule has 6 nitrogen and oxygen atoms in total. The van der Waals surface area contributed by atoms with E-state index in [4.69, 9.17) is 14.2 Å². The average Bonchev–Trinajstić information content (AvgIpc) is 3.27. The van der Waals surface area contributed by atoms with E-state index in [2.05, 4.69) is 41.5 Å². The number of carbonyl (C=O) groups excluding carboxylic acids is 3. The molecule has 0 fully saturated rings. The summed E-state index contributed by atoms with van der Waals surface area (Å²) in [7, 11) is 0. The van der Waals surface area contributed by atoms with Crippen molar-refractivity contribution in [3.8, 4) is 0 Å². The smallest absolute Gasteiger partial charge is 0.306 e. The summed E-state index contributed by atoms with van der Waals surface area (Å²) in [6.45, 7) is 13.8. The molecule has 0 aliphatic carbocycles. The van der Waals surface area contributed by atoms with Crippen molar-refractivity contribution in [1.29, 1.82) is 0 Å². The summed E-state index contributed by atoms with van der Waals surface area (Å²) in [5, 5.41) is 0. The van der Waals surface area contributed by atoms with E-state index in [1.54, 1.807) is 0 Å². The first-order chi connectivity index (χ1) is 31.1. The van der Waals surface area contributed by atoms with Crippen LogP contribution in [0.15, 0.2) is 0 Å². The normalized spacial score (nSPS) is 12.6. The van der Waals surface area contributed by atoms with E-state index in [1.165, 1.54) is 199 Å². The Labute approximate surface area is 399 Å². The zero-order chi connectivity index (χ0) is 47.0. The van der Waals surface area contributed by atoms with Gasteiger partial charge in [-0.2, -0.15) is 0 Å². The van der Waals surface area contributed by atoms with E-state index in [1.807, 2.05) is 0 Å². The van der Waals surface area contributed by atoms with Gasteiger partial charge in [0, 0.05) is 19.3 Å². The molecule has 0 aliphatic rings.